The van der Waals surface area contributed by atoms with Crippen LogP contribution in [0.1, 0.15) is 20.7 Å². The highest BCUT2D eigenvalue weighted by molar-refractivity contribution is 7.08. The molecule has 2 N–H and O–H groups in total. The van der Waals surface area contributed by atoms with Gasteiger partial charge in [0, 0.05) is 16.5 Å². The monoisotopic (exact) mass is 344 g/mol. The van der Waals surface area contributed by atoms with Crippen molar-refractivity contribution in [2.45, 2.75) is 0 Å². The first-order chi connectivity index (χ1) is 11.6. The van der Waals surface area contributed by atoms with Gasteiger partial charge in [-0.1, -0.05) is 11.2 Å². The molecule has 3 aromatic rings. The minimum absolute atomic E-state index is 0.171. The SMILES string of the molecule is COc1cccc(C(=O)Nc2onc(-c3ccsc3)c2C(=O)O)c1. The van der Waals surface area contributed by atoms with Gasteiger partial charge in [-0.25, -0.2) is 4.79 Å². The Balaban J connectivity index is 1.92. The Bertz CT molecular complexity index is 886. The van der Waals surface area contributed by atoms with Gasteiger partial charge < -0.3 is 14.4 Å². The fourth-order valence-electron chi connectivity index (χ4n) is 2.11. The molecule has 2 aromatic heterocycles. The molecule has 0 spiro atoms. The van der Waals surface area contributed by atoms with Gasteiger partial charge in [-0.2, -0.15) is 11.3 Å². The van der Waals surface area contributed by atoms with Crippen LogP contribution in [0.25, 0.3) is 11.3 Å². The number of carboxylic acids is 1. The Morgan fingerprint density at radius 3 is 2.83 bits per heavy atom. The van der Waals surface area contributed by atoms with E-state index < -0.39 is 11.9 Å². The molecule has 0 saturated carbocycles. The number of methoxy groups -OCH3 is 1. The lowest BCUT2D eigenvalue weighted by molar-refractivity contribution is 0.0698. The average Bonchev–Trinajstić information content (AvgIpc) is 3.23. The van der Waals surface area contributed by atoms with Crippen molar-refractivity contribution in [2.24, 2.45) is 0 Å². The van der Waals surface area contributed by atoms with Gasteiger partial charge in [0.1, 0.15) is 11.4 Å². The number of carbonyl (C=O) groups excluding carboxylic acids is 1. The Labute approximate surface area is 140 Å². The van der Waals surface area contributed by atoms with E-state index >= 15 is 0 Å². The zero-order chi connectivity index (χ0) is 17.1. The molecule has 8 heteroatoms. The van der Waals surface area contributed by atoms with Crippen LogP contribution in [0.5, 0.6) is 5.75 Å². The maximum Gasteiger partial charge on any atom is 0.343 e. The molecule has 7 nitrogen and oxygen atoms in total. The largest absolute Gasteiger partial charge is 0.497 e. The third-order valence-electron chi connectivity index (χ3n) is 3.26. The maximum atomic E-state index is 12.3. The van der Waals surface area contributed by atoms with Crippen molar-refractivity contribution in [3.05, 3.63) is 52.2 Å². The van der Waals surface area contributed by atoms with Crippen molar-refractivity contribution in [1.82, 2.24) is 5.16 Å². The summed E-state index contributed by atoms with van der Waals surface area (Å²) in [5.41, 5.74) is 0.900. The molecule has 122 valence electrons. The van der Waals surface area contributed by atoms with E-state index in [0.717, 1.165) is 0 Å². The molecule has 24 heavy (non-hydrogen) atoms. The fraction of sp³-hybridized carbons (Fsp3) is 0.0625. The third-order valence-corrected chi connectivity index (χ3v) is 3.94. The second kappa shape index (κ2) is 6.55. The van der Waals surface area contributed by atoms with Crippen molar-refractivity contribution < 1.29 is 24.0 Å². The Morgan fingerprint density at radius 1 is 1.33 bits per heavy atom. The van der Waals surface area contributed by atoms with Gasteiger partial charge >= 0.3 is 5.97 Å². The smallest absolute Gasteiger partial charge is 0.343 e. The molecule has 0 aliphatic carbocycles. The number of hydrogen-bond donors (Lipinski definition) is 2. The summed E-state index contributed by atoms with van der Waals surface area (Å²) >= 11 is 1.40. The van der Waals surface area contributed by atoms with E-state index in [4.69, 9.17) is 9.26 Å². The molecule has 0 radical (unpaired) electrons. The number of nitrogens with zero attached hydrogens (tertiary/aromatic N) is 1. The zero-order valence-electron chi connectivity index (χ0n) is 12.5. The highest BCUT2D eigenvalue weighted by Gasteiger charge is 2.25. The van der Waals surface area contributed by atoms with Crippen LogP contribution in [-0.4, -0.2) is 29.2 Å². The van der Waals surface area contributed by atoms with E-state index in [1.807, 2.05) is 0 Å². The van der Waals surface area contributed by atoms with E-state index in [1.165, 1.54) is 24.5 Å². The molecule has 0 unspecified atom stereocenters. The van der Waals surface area contributed by atoms with Crippen LogP contribution in [0.2, 0.25) is 0 Å². The van der Waals surface area contributed by atoms with Crippen molar-refractivity contribution >= 4 is 29.1 Å². The molecule has 0 atom stereocenters. The van der Waals surface area contributed by atoms with Crippen molar-refractivity contribution in [1.29, 1.82) is 0 Å². The summed E-state index contributed by atoms with van der Waals surface area (Å²) < 4.78 is 10.1. The molecule has 0 aliphatic rings. The number of aromatic nitrogens is 1. The number of hydrogen-bond acceptors (Lipinski definition) is 6. The first-order valence-corrected chi connectivity index (χ1v) is 7.75. The van der Waals surface area contributed by atoms with Gasteiger partial charge in [-0.3, -0.25) is 10.1 Å². The summed E-state index contributed by atoms with van der Waals surface area (Å²) in [6, 6.07) is 8.19. The van der Waals surface area contributed by atoms with Crippen LogP contribution in [-0.2, 0) is 0 Å². The van der Waals surface area contributed by atoms with Gasteiger partial charge in [0.25, 0.3) is 5.91 Å². The number of aromatic carboxylic acids is 1. The highest BCUT2D eigenvalue weighted by atomic mass is 32.1. The van der Waals surface area contributed by atoms with Crippen LogP contribution in [0.4, 0.5) is 5.88 Å². The normalized spacial score (nSPS) is 10.4. The zero-order valence-corrected chi connectivity index (χ0v) is 13.3. The van der Waals surface area contributed by atoms with Gasteiger partial charge in [-0.15, -0.1) is 0 Å². The second-order valence-corrected chi connectivity index (χ2v) is 5.52. The molecule has 3 rings (SSSR count). The van der Waals surface area contributed by atoms with Crippen LogP contribution < -0.4 is 10.1 Å². The summed E-state index contributed by atoms with van der Waals surface area (Å²) in [5, 5.41) is 19.2. The van der Waals surface area contributed by atoms with E-state index in [2.05, 4.69) is 10.5 Å². The Morgan fingerprint density at radius 2 is 2.17 bits per heavy atom. The highest BCUT2D eigenvalue weighted by Crippen LogP contribution is 2.30. The lowest BCUT2D eigenvalue weighted by atomic mass is 10.1. The van der Waals surface area contributed by atoms with Crippen LogP contribution >= 0.6 is 11.3 Å². The summed E-state index contributed by atoms with van der Waals surface area (Å²) in [5.74, 6) is -1.46. The molecule has 1 amide bonds. The van der Waals surface area contributed by atoms with Crippen molar-refractivity contribution in [3.8, 4) is 17.0 Å². The molecular formula is C16H12N2O5S. The van der Waals surface area contributed by atoms with Gasteiger partial charge in [0.15, 0.2) is 5.56 Å². The number of ether oxygens (including phenoxy) is 1. The molecule has 1 aromatic carbocycles. The molecule has 0 fully saturated rings. The van der Waals surface area contributed by atoms with E-state index in [-0.39, 0.29) is 17.1 Å². The van der Waals surface area contributed by atoms with E-state index in [1.54, 1.807) is 35.0 Å². The standard InChI is InChI=1S/C16H12N2O5S/c1-22-11-4-2-3-9(7-11)14(19)17-15-12(16(20)21)13(18-23-15)10-5-6-24-8-10/h2-8H,1H3,(H,17,19)(H,20,21). The number of thiophene rings is 1. The number of rotatable bonds is 5. The molecule has 0 aliphatic heterocycles. The minimum atomic E-state index is -1.24. The lowest BCUT2D eigenvalue weighted by Crippen LogP contribution is -2.14. The predicted octanol–water partition coefficient (Wildman–Crippen LogP) is 3.36. The van der Waals surface area contributed by atoms with Gasteiger partial charge in [-0.05, 0) is 29.6 Å². The number of carboxylic acid groups (broad SMARTS) is 1. The van der Waals surface area contributed by atoms with Crippen LogP contribution in [0, 0.1) is 0 Å². The topological polar surface area (TPSA) is 102 Å². The predicted molar refractivity (Wildman–Crippen MR) is 87.7 cm³/mol. The Hall–Kier alpha value is -3.13. The summed E-state index contributed by atoms with van der Waals surface area (Å²) in [7, 11) is 1.49. The number of benzene rings is 1. The molecule has 2 heterocycles. The summed E-state index contributed by atoms with van der Waals surface area (Å²) in [6.07, 6.45) is 0. The number of nitrogens with one attached hydrogen (secondary N) is 1. The summed E-state index contributed by atoms with van der Waals surface area (Å²) in [4.78, 5) is 23.9. The first-order valence-electron chi connectivity index (χ1n) is 6.81. The summed E-state index contributed by atoms with van der Waals surface area (Å²) in [6.45, 7) is 0. The first kappa shape index (κ1) is 15.8. The van der Waals surface area contributed by atoms with Gasteiger partial charge in [0.05, 0.1) is 7.11 Å². The lowest BCUT2D eigenvalue weighted by Gasteiger charge is -2.05. The van der Waals surface area contributed by atoms with Gasteiger partial charge in [0.2, 0.25) is 5.88 Å². The average molecular weight is 344 g/mol. The number of amides is 1. The van der Waals surface area contributed by atoms with Crippen LogP contribution in [0.3, 0.4) is 0 Å². The second-order valence-electron chi connectivity index (χ2n) is 4.74. The molecule has 0 bridgehead atoms. The van der Waals surface area contributed by atoms with E-state index in [0.29, 0.717) is 16.9 Å². The molecule has 0 saturated heterocycles. The fourth-order valence-corrected chi connectivity index (χ4v) is 2.75. The minimum Gasteiger partial charge on any atom is -0.497 e. The Kier molecular flexibility index (Phi) is 4.30. The quantitative estimate of drug-likeness (QED) is 0.736. The third kappa shape index (κ3) is 2.99. The maximum absolute atomic E-state index is 12.3. The van der Waals surface area contributed by atoms with Crippen molar-refractivity contribution in [2.75, 3.05) is 12.4 Å². The number of carbonyl (C=O) groups is 2. The van der Waals surface area contributed by atoms with Crippen molar-refractivity contribution in [3.63, 3.8) is 0 Å². The number of anilines is 1. The van der Waals surface area contributed by atoms with E-state index in [9.17, 15) is 14.7 Å². The van der Waals surface area contributed by atoms with Crippen LogP contribution in [0.15, 0.2) is 45.6 Å². The molecular weight excluding hydrogens is 332 g/mol.